The highest BCUT2D eigenvalue weighted by molar-refractivity contribution is 6.12. The average molecular weight is 140 g/mol. The highest BCUT2D eigenvalue weighted by atomic mass is 16.1. The van der Waals surface area contributed by atoms with Gasteiger partial charge >= 0.3 is 0 Å². The molecule has 0 aliphatic rings. The lowest BCUT2D eigenvalue weighted by Gasteiger charge is -2.01. The molecule has 0 bridgehead atoms. The summed E-state index contributed by atoms with van der Waals surface area (Å²) in [5.41, 5.74) is 0.593. The molecule has 0 fully saturated rings. The van der Waals surface area contributed by atoms with E-state index in [4.69, 9.17) is 5.41 Å². The van der Waals surface area contributed by atoms with E-state index in [0.29, 0.717) is 18.4 Å². The van der Waals surface area contributed by atoms with Gasteiger partial charge in [0.2, 0.25) is 0 Å². The molecule has 3 heteroatoms. The molecule has 0 heterocycles. The smallest absolute Gasteiger partial charge is 0.160 e. The van der Waals surface area contributed by atoms with E-state index in [9.17, 15) is 4.79 Å². The molecule has 10 heavy (non-hydrogen) atoms. The molecule has 0 saturated carbocycles. The van der Waals surface area contributed by atoms with Crippen molar-refractivity contribution in [1.82, 2.24) is 0 Å². The van der Waals surface area contributed by atoms with E-state index in [1.807, 2.05) is 6.92 Å². The molecule has 0 aromatic carbocycles. The van der Waals surface area contributed by atoms with Gasteiger partial charge in [-0.1, -0.05) is 0 Å². The van der Waals surface area contributed by atoms with Crippen molar-refractivity contribution < 1.29 is 4.79 Å². The molecule has 1 N–H and O–H groups in total. The van der Waals surface area contributed by atoms with Crippen LogP contribution in [0, 0.1) is 5.41 Å². The van der Waals surface area contributed by atoms with Gasteiger partial charge in [0, 0.05) is 12.1 Å². The number of aldehydes is 1. The average Bonchev–Trinajstić information content (AvgIpc) is 1.82. The summed E-state index contributed by atoms with van der Waals surface area (Å²) in [5, 5.41) is 7.10. The second kappa shape index (κ2) is 4.85. The van der Waals surface area contributed by atoms with Crippen LogP contribution in [0.3, 0.4) is 0 Å². The molecule has 3 nitrogen and oxygen atoms in total. The number of nitrogens with one attached hydrogen (secondary N) is 1. The fourth-order valence-corrected chi connectivity index (χ4v) is 0.678. The normalized spacial score (nSPS) is 13.4. The van der Waals surface area contributed by atoms with Crippen LogP contribution in [0.2, 0.25) is 0 Å². The highest BCUT2D eigenvalue weighted by Gasteiger charge is 1.97. The van der Waals surface area contributed by atoms with Gasteiger partial charge < -0.3 is 5.41 Å². The standard InChI is InChI=1S/C7H12N2O/c1-6(8)5-7(2)9-3-4-10/h3-4,7-8H,5H2,1-2H3. The van der Waals surface area contributed by atoms with Gasteiger partial charge in [-0.2, -0.15) is 0 Å². The number of hydrogen-bond donors (Lipinski definition) is 1. The minimum Gasteiger partial charge on any atom is -0.310 e. The topological polar surface area (TPSA) is 53.3 Å². The van der Waals surface area contributed by atoms with Crippen LogP contribution in [0.4, 0.5) is 0 Å². The first-order chi connectivity index (χ1) is 4.66. The minimum absolute atomic E-state index is 0.0581. The van der Waals surface area contributed by atoms with Crippen LogP contribution in [0.5, 0.6) is 0 Å². The largest absolute Gasteiger partial charge is 0.310 e. The number of carbonyl (C=O) groups excluding carboxylic acids is 1. The predicted molar refractivity (Wildman–Crippen MR) is 42.0 cm³/mol. The van der Waals surface area contributed by atoms with Gasteiger partial charge in [0.25, 0.3) is 0 Å². The maximum atomic E-state index is 9.79. The summed E-state index contributed by atoms with van der Waals surface area (Å²) >= 11 is 0. The molecule has 0 rings (SSSR count). The summed E-state index contributed by atoms with van der Waals surface area (Å²) in [6, 6.07) is 0.0581. The zero-order valence-corrected chi connectivity index (χ0v) is 6.29. The Kier molecular flexibility index (Phi) is 4.37. The number of nitrogens with zero attached hydrogens (tertiary/aromatic N) is 1. The first kappa shape index (κ1) is 9.01. The summed E-state index contributed by atoms with van der Waals surface area (Å²) in [4.78, 5) is 13.6. The first-order valence-electron chi connectivity index (χ1n) is 3.17. The van der Waals surface area contributed by atoms with Gasteiger partial charge in [-0.05, 0) is 13.8 Å². The Hall–Kier alpha value is -0.990. The molecule has 56 valence electrons. The number of aliphatic imine (C=N–C) groups is 1. The third-order valence-electron chi connectivity index (χ3n) is 1.00. The lowest BCUT2D eigenvalue weighted by molar-refractivity contribution is -0.102. The zero-order valence-electron chi connectivity index (χ0n) is 6.29. The van der Waals surface area contributed by atoms with Crippen LogP contribution in [0.15, 0.2) is 4.99 Å². The van der Waals surface area contributed by atoms with Gasteiger partial charge in [0.1, 0.15) is 0 Å². The molecule has 0 saturated heterocycles. The molecule has 0 aliphatic heterocycles. The highest BCUT2D eigenvalue weighted by Crippen LogP contribution is 1.95. The third kappa shape index (κ3) is 5.15. The Labute approximate surface area is 60.7 Å². The van der Waals surface area contributed by atoms with Crippen LogP contribution in [-0.2, 0) is 4.79 Å². The quantitative estimate of drug-likeness (QED) is 0.461. The number of carbonyl (C=O) groups is 1. The Balaban J connectivity index is 3.62. The van der Waals surface area contributed by atoms with E-state index < -0.39 is 0 Å². The van der Waals surface area contributed by atoms with Crippen molar-refractivity contribution in [3.05, 3.63) is 0 Å². The van der Waals surface area contributed by atoms with E-state index in [-0.39, 0.29) is 6.04 Å². The SMILES string of the molecule is CC(=N)CC(C)N=CC=O. The Morgan fingerprint density at radius 1 is 1.80 bits per heavy atom. The van der Waals surface area contributed by atoms with E-state index in [1.54, 1.807) is 6.92 Å². The van der Waals surface area contributed by atoms with Crippen molar-refractivity contribution in [3.63, 3.8) is 0 Å². The first-order valence-corrected chi connectivity index (χ1v) is 3.17. The van der Waals surface area contributed by atoms with E-state index in [0.717, 1.165) is 0 Å². The summed E-state index contributed by atoms with van der Waals surface area (Å²) in [5.74, 6) is 0. The minimum atomic E-state index is 0.0581. The van der Waals surface area contributed by atoms with Crippen molar-refractivity contribution >= 4 is 18.2 Å². The molecule has 1 unspecified atom stereocenters. The summed E-state index contributed by atoms with van der Waals surface area (Å²) in [6.07, 6.45) is 2.51. The molecular weight excluding hydrogens is 128 g/mol. The van der Waals surface area contributed by atoms with Crippen molar-refractivity contribution in [2.75, 3.05) is 0 Å². The molecule has 0 aliphatic carbocycles. The number of hydrogen-bond acceptors (Lipinski definition) is 3. The Morgan fingerprint density at radius 2 is 2.40 bits per heavy atom. The second-order valence-electron chi connectivity index (χ2n) is 2.27. The Bertz CT molecular complexity index is 152. The van der Waals surface area contributed by atoms with Crippen LogP contribution < -0.4 is 0 Å². The maximum Gasteiger partial charge on any atom is 0.160 e. The molecule has 0 radical (unpaired) electrons. The number of rotatable bonds is 4. The van der Waals surface area contributed by atoms with E-state index in [2.05, 4.69) is 4.99 Å². The van der Waals surface area contributed by atoms with Crippen LogP contribution in [0.25, 0.3) is 0 Å². The fourth-order valence-electron chi connectivity index (χ4n) is 0.678. The maximum absolute atomic E-state index is 9.79. The summed E-state index contributed by atoms with van der Waals surface area (Å²) in [7, 11) is 0. The molecule has 1 atom stereocenters. The van der Waals surface area contributed by atoms with Crippen LogP contribution >= 0.6 is 0 Å². The van der Waals surface area contributed by atoms with Gasteiger partial charge in [-0.25, -0.2) is 0 Å². The molecule has 0 aromatic rings. The van der Waals surface area contributed by atoms with Crippen LogP contribution in [-0.4, -0.2) is 24.3 Å². The van der Waals surface area contributed by atoms with E-state index >= 15 is 0 Å². The van der Waals surface area contributed by atoms with Gasteiger partial charge in [-0.15, -0.1) is 0 Å². The van der Waals surface area contributed by atoms with Gasteiger partial charge in [-0.3, -0.25) is 9.79 Å². The van der Waals surface area contributed by atoms with E-state index in [1.165, 1.54) is 6.21 Å². The molecule has 0 spiro atoms. The molecule has 0 aromatic heterocycles. The molecule has 0 amide bonds. The molecular formula is C7H12N2O. The Morgan fingerprint density at radius 3 is 2.80 bits per heavy atom. The van der Waals surface area contributed by atoms with Crippen molar-refractivity contribution in [2.24, 2.45) is 4.99 Å². The van der Waals surface area contributed by atoms with Gasteiger partial charge in [0.05, 0.1) is 12.3 Å². The lowest BCUT2D eigenvalue weighted by Crippen LogP contribution is -2.04. The van der Waals surface area contributed by atoms with Crippen molar-refractivity contribution in [1.29, 1.82) is 5.41 Å². The third-order valence-corrected chi connectivity index (χ3v) is 1.00. The second-order valence-corrected chi connectivity index (χ2v) is 2.27. The summed E-state index contributed by atoms with van der Waals surface area (Å²) < 4.78 is 0. The van der Waals surface area contributed by atoms with Crippen molar-refractivity contribution in [3.8, 4) is 0 Å². The van der Waals surface area contributed by atoms with Crippen molar-refractivity contribution in [2.45, 2.75) is 26.3 Å². The van der Waals surface area contributed by atoms with Crippen LogP contribution in [0.1, 0.15) is 20.3 Å². The lowest BCUT2D eigenvalue weighted by atomic mass is 10.2. The monoisotopic (exact) mass is 140 g/mol. The van der Waals surface area contributed by atoms with Gasteiger partial charge in [0.15, 0.2) is 6.29 Å². The fraction of sp³-hybridized carbons (Fsp3) is 0.571. The zero-order chi connectivity index (χ0) is 7.98. The predicted octanol–water partition coefficient (Wildman–Crippen LogP) is 1.07. The summed E-state index contributed by atoms with van der Waals surface area (Å²) in [6.45, 7) is 3.60.